The lowest BCUT2D eigenvalue weighted by molar-refractivity contribution is -0.136. The second kappa shape index (κ2) is 12.4. The van der Waals surface area contributed by atoms with Crippen LogP contribution in [0.3, 0.4) is 0 Å². The van der Waals surface area contributed by atoms with Crippen LogP contribution in [-0.2, 0) is 14.4 Å². The van der Waals surface area contributed by atoms with Crippen LogP contribution in [0.5, 0.6) is 11.5 Å². The van der Waals surface area contributed by atoms with Gasteiger partial charge in [0.2, 0.25) is 0 Å². The fraction of sp³-hybridized carbons (Fsp3) is 0.154. The molecule has 0 radical (unpaired) electrons. The Bertz CT molecular complexity index is 1310. The number of nitrogens with one attached hydrogen (secondary N) is 3. The molecule has 3 N–H and O–H groups in total. The number of carbonyl (C=O) groups is 3. The number of aryl methyl sites for hydroxylation is 2. The fourth-order valence-corrected chi connectivity index (χ4v) is 3.33. The molecule has 0 bridgehead atoms. The van der Waals surface area contributed by atoms with Crippen LogP contribution in [0.1, 0.15) is 16.7 Å². The van der Waals surface area contributed by atoms with E-state index in [4.69, 9.17) is 21.1 Å². The summed E-state index contributed by atoms with van der Waals surface area (Å²) in [6.45, 7) is 3.69. The molecule has 0 aliphatic rings. The highest BCUT2D eigenvalue weighted by Crippen LogP contribution is 2.27. The summed E-state index contributed by atoms with van der Waals surface area (Å²) in [6, 6.07) is 17.0. The van der Waals surface area contributed by atoms with Gasteiger partial charge in [-0.3, -0.25) is 14.4 Å². The van der Waals surface area contributed by atoms with Crippen LogP contribution in [0.25, 0.3) is 0 Å². The molecule has 0 unspecified atom stereocenters. The Hall–Kier alpha value is -4.37. The van der Waals surface area contributed by atoms with E-state index in [0.29, 0.717) is 27.8 Å². The second-order valence-corrected chi connectivity index (χ2v) is 8.17. The number of ether oxygens (including phenoxy) is 2. The average Bonchev–Trinajstić information content (AvgIpc) is 2.84. The number of hydrogen-bond acceptors (Lipinski definition) is 6. The second-order valence-electron chi connectivity index (χ2n) is 7.73. The minimum absolute atomic E-state index is 0.213. The van der Waals surface area contributed by atoms with Crippen molar-refractivity contribution in [1.29, 1.82) is 0 Å². The van der Waals surface area contributed by atoms with Crippen LogP contribution in [-0.4, -0.2) is 37.7 Å². The zero-order valence-electron chi connectivity index (χ0n) is 19.9. The van der Waals surface area contributed by atoms with E-state index in [1.165, 1.54) is 19.4 Å². The Morgan fingerprint density at radius 2 is 1.75 bits per heavy atom. The number of halogens is 1. The van der Waals surface area contributed by atoms with Crippen molar-refractivity contribution in [1.82, 2.24) is 5.43 Å². The summed E-state index contributed by atoms with van der Waals surface area (Å²) in [6.07, 6.45) is 1.34. The molecule has 0 aromatic heterocycles. The van der Waals surface area contributed by atoms with Gasteiger partial charge >= 0.3 is 11.8 Å². The van der Waals surface area contributed by atoms with Crippen molar-refractivity contribution in [3.8, 4) is 11.5 Å². The summed E-state index contributed by atoms with van der Waals surface area (Å²) in [5, 5.41) is 9.45. The van der Waals surface area contributed by atoms with E-state index in [-0.39, 0.29) is 12.5 Å². The minimum Gasteiger partial charge on any atom is -0.493 e. The molecule has 0 aliphatic heterocycles. The molecule has 36 heavy (non-hydrogen) atoms. The van der Waals surface area contributed by atoms with E-state index in [9.17, 15) is 14.4 Å². The molecule has 0 saturated carbocycles. The number of anilines is 2. The van der Waals surface area contributed by atoms with Gasteiger partial charge in [-0.2, -0.15) is 5.10 Å². The van der Waals surface area contributed by atoms with E-state index in [1.54, 1.807) is 36.4 Å². The summed E-state index contributed by atoms with van der Waals surface area (Å²) in [7, 11) is 1.46. The van der Waals surface area contributed by atoms with Gasteiger partial charge in [-0.05, 0) is 67.4 Å². The van der Waals surface area contributed by atoms with Crippen molar-refractivity contribution in [2.75, 3.05) is 24.4 Å². The number of methoxy groups -OCH3 is 1. The molecule has 3 rings (SSSR count). The number of hydrazone groups is 1. The van der Waals surface area contributed by atoms with Crippen LogP contribution in [0.4, 0.5) is 11.4 Å². The van der Waals surface area contributed by atoms with Gasteiger partial charge in [0.1, 0.15) is 0 Å². The lowest BCUT2D eigenvalue weighted by atomic mass is 10.1. The molecule has 0 heterocycles. The predicted molar refractivity (Wildman–Crippen MR) is 139 cm³/mol. The van der Waals surface area contributed by atoms with Gasteiger partial charge in [-0.15, -0.1) is 0 Å². The standard InChI is InChI=1S/C26H25ClN4O5/c1-16-7-9-21(17(2)11-16)30-24(32)15-36-22-10-8-18(12-23(22)35-3)14-28-31-26(34)25(33)29-20-6-4-5-19(27)13-20/h4-14H,15H2,1-3H3,(H,29,33)(H,30,32)(H,31,34)/b28-14-. The van der Waals surface area contributed by atoms with E-state index in [1.807, 2.05) is 32.0 Å². The first kappa shape index (κ1) is 26.2. The smallest absolute Gasteiger partial charge is 0.329 e. The van der Waals surface area contributed by atoms with Crippen LogP contribution in [0.2, 0.25) is 5.02 Å². The molecular formula is C26H25ClN4O5. The Morgan fingerprint density at radius 1 is 0.944 bits per heavy atom. The quantitative estimate of drug-likeness (QED) is 0.241. The molecule has 0 aliphatic carbocycles. The van der Waals surface area contributed by atoms with Crippen LogP contribution >= 0.6 is 11.6 Å². The largest absolute Gasteiger partial charge is 0.493 e. The van der Waals surface area contributed by atoms with Crippen LogP contribution in [0.15, 0.2) is 65.8 Å². The Kier molecular flexibility index (Phi) is 9.01. The molecule has 3 amide bonds. The maximum Gasteiger partial charge on any atom is 0.329 e. The summed E-state index contributed by atoms with van der Waals surface area (Å²) in [4.78, 5) is 36.2. The predicted octanol–water partition coefficient (Wildman–Crippen LogP) is 4.07. The first-order chi connectivity index (χ1) is 17.2. The molecule has 0 saturated heterocycles. The number of benzene rings is 3. The van der Waals surface area contributed by atoms with Crippen molar-refractivity contribution in [2.45, 2.75) is 13.8 Å². The van der Waals surface area contributed by atoms with E-state index in [0.717, 1.165) is 16.8 Å². The highest BCUT2D eigenvalue weighted by molar-refractivity contribution is 6.39. The van der Waals surface area contributed by atoms with Crippen molar-refractivity contribution in [3.05, 3.63) is 82.4 Å². The summed E-state index contributed by atoms with van der Waals surface area (Å²) >= 11 is 5.86. The number of hydrogen-bond donors (Lipinski definition) is 3. The molecule has 3 aromatic carbocycles. The Labute approximate surface area is 213 Å². The normalized spacial score (nSPS) is 10.6. The lowest BCUT2D eigenvalue weighted by Crippen LogP contribution is -2.32. The first-order valence-electron chi connectivity index (χ1n) is 10.8. The van der Waals surface area contributed by atoms with Gasteiger partial charge in [0.15, 0.2) is 18.1 Å². The van der Waals surface area contributed by atoms with Gasteiger partial charge in [-0.1, -0.05) is 35.4 Å². The number of carbonyl (C=O) groups excluding carboxylic acids is 3. The fourth-order valence-electron chi connectivity index (χ4n) is 3.14. The van der Waals surface area contributed by atoms with Gasteiger partial charge in [0.25, 0.3) is 5.91 Å². The Morgan fingerprint density at radius 3 is 2.47 bits per heavy atom. The molecule has 10 heteroatoms. The SMILES string of the molecule is COc1cc(/C=N\NC(=O)C(=O)Nc2cccc(Cl)c2)ccc1OCC(=O)Nc1ccc(C)cc1C. The molecule has 0 spiro atoms. The molecular weight excluding hydrogens is 484 g/mol. The molecule has 0 fully saturated rings. The van der Waals surface area contributed by atoms with Gasteiger partial charge in [0.05, 0.1) is 13.3 Å². The van der Waals surface area contributed by atoms with E-state index < -0.39 is 11.8 Å². The zero-order valence-corrected chi connectivity index (χ0v) is 20.7. The highest BCUT2D eigenvalue weighted by atomic mass is 35.5. The van der Waals surface area contributed by atoms with Crippen LogP contribution < -0.4 is 25.5 Å². The molecule has 0 atom stereocenters. The van der Waals surface area contributed by atoms with Gasteiger partial charge < -0.3 is 20.1 Å². The summed E-state index contributed by atoms with van der Waals surface area (Å²) < 4.78 is 10.9. The highest BCUT2D eigenvalue weighted by Gasteiger charge is 2.13. The minimum atomic E-state index is -0.951. The average molecular weight is 509 g/mol. The van der Waals surface area contributed by atoms with Crippen molar-refractivity contribution in [3.63, 3.8) is 0 Å². The Balaban J connectivity index is 1.53. The van der Waals surface area contributed by atoms with Gasteiger partial charge in [0, 0.05) is 16.4 Å². The van der Waals surface area contributed by atoms with Gasteiger partial charge in [-0.25, -0.2) is 5.43 Å². The third-order valence-corrected chi connectivity index (χ3v) is 5.11. The summed E-state index contributed by atoms with van der Waals surface area (Å²) in [5.74, 6) is -1.44. The number of amides is 3. The van der Waals surface area contributed by atoms with Crippen LogP contribution in [0, 0.1) is 13.8 Å². The first-order valence-corrected chi connectivity index (χ1v) is 11.2. The van der Waals surface area contributed by atoms with Crippen molar-refractivity contribution >= 4 is 46.9 Å². The number of rotatable bonds is 8. The van der Waals surface area contributed by atoms with E-state index >= 15 is 0 Å². The summed E-state index contributed by atoms with van der Waals surface area (Å²) in [5.41, 5.74) is 5.88. The molecule has 186 valence electrons. The molecule has 3 aromatic rings. The van der Waals surface area contributed by atoms with Crippen molar-refractivity contribution in [2.24, 2.45) is 5.10 Å². The van der Waals surface area contributed by atoms with E-state index in [2.05, 4.69) is 21.2 Å². The third kappa shape index (κ3) is 7.57. The maximum atomic E-state index is 12.3. The monoisotopic (exact) mass is 508 g/mol. The lowest BCUT2D eigenvalue weighted by Gasteiger charge is -2.12. The topological polar surface area (TPSA) is 118 Å². The zero-order chi connectivity index (χ0) is 26.1. The molecule has 9 nitrogen and oxygen atoms in total. The maximum absolute atomic E-state index is 12.3. The van der Waals surface area contributed by atoms with Crippen molar-refractivity contribution < 1.29 is 23.9 Å². The number of nitrogens with zero attached hydrogens (tertiary/aromatic N) is 1. The third-order valence-electron chi connectivity index (χ3n) is 4.87.